The second-order valence-corrected chi connectivity index (χ2v) is 5.69. The Labute approximate surface area is 115 Å². The first kappa shape index (κ1) is 12.4. The van der Waals surface area contributed by atoms with Gasteiger partial charge in [-0.2, -0.15) is 0 Å². The molecule has 0 aliphatic carbocycles. The number of hydrogen-bond acceptors (Lipinski definition) is 3. The fourth-order valence-electron chi connectivity index (χ4n) is 2.50. The minimum absolute atomic E-state index is 0.0347. The predicted molar refractivity (Wildman–Crippen MR) is 76.5 cm³/mol. The van der Waals surface area contributed by atoms with E-state index in [1.807, 2.05) is 29.6 Å². The molecule has 1 aromatic heterocycles. The Kier molecular flexibility index (Phi) is 3.12. The van der Waals surface area contributed by atoms with Crippen LogP contribution in [0.15, 0.2) is 29.6 Å². The van der Waals surface area contributed by atoms with Gasteiger partial charge in [-0.05, 0) is 34.6 Å². The molecule has 0 saturated heterocycles. The summed E-state index contributed by atoms with van der Waals surface area (Å²) in [6, 6.07) is 7.80. The van der Waals surface area contributed by atoms with Crippen LogP contribution in [-0.2, 0) is 17.6 Å². The van der Waals surface area contributed by atoms with Crippen molar-refractivity contribution in [1.29, 1.82) is 0 Å². The van der Waals surface area contributed by atoms with Gasteiger partial charge in [0.25, 0.3) is 0 Å². The number of anilines is 1. The molecule has 98 valence electrons. The average Bonchev–Trinajstić information content (AvgIpc) is 3.04. The van der Waals surface area contributed by atoms with Gasteiger partial charge in [-0.15, -0.1) is 11.3 Å². The molecule has 4 heteroatoms. The maximum atomic E-state index is 11.5. The number of hydrogen-bond donors (Lipinski definition) is 2. The molecule has 1 aliphatic heterocycles. The molecule has 0 fully saturated rings. The van der Waals surface area contributed by atoms with Crippen molar-refractivity contribution < 1.29 is 9.90 Å². The highest BCUT2D eigenvalue weighted by Gasteiger charge is 2.23. The van der Waals surface area contributed by atoms with Crippen molar-refractivity contribution in [2.75, 3.05) is 5.32 Å². The van der Waals surface area contributed by atoms with Crippen molar-refractivity contribution in [3.63, 3.8) is 0 Å². The number of aliphatic hydroxyl groups is 1. The highest BCUT2D eigenvalue weighted by molar-refractivity contribution is 7.10. The van der Waals surface area contributed by atoms with Gasteiger partial charge in [0.2, 0.25) is 5.91 Å². The Hall–Kier alpha value is -1.65. The third-order valence-electron chi connectivity index (χ3n) is 3.45. The van der Waals surface area contributed by atoms with Crippen LogP contribution >= 0.6 is 11.3 Å². The van der Waals surface area contributed by atoms with Crippen LogP contribution in [-0.4, -0.2) is 11.0 Å². The molecule has 3 rings (SSSR count). The molecule has 0 radical (unpaired) electrons. The van der Waals surface area contributed by atoms with E-state index >= 15 is 0 Å². The molecule has 1 aromatic carbocycles. The number of carbonyl (C=O) groups excluding carboxylic acids is 1. The standard InChI is InChI=1S/C15H15NO2S/c1-2-9-6-11(15(18)12-4-3-5-19-12)7-10-8-13(17)16-14(9)10/h3-7,15,18H,2,8H2,1H3,(H,16,17). The van der Waals surface area contributed by atoms with Gasteiger partial charge in [-0.3, -0.25) is 4.79 Å². The van der Waals surface area contributed by atoms with E-state index in [9.17, 15) is 9.90 Å². The molecule has 2 heterocycles. The molecule has 0 bridgehead atoms. The lowest BCUT2D eigenvalue weighted by molar-refractivity contribution is -0.115. The SMILES string of the molecule is CCc1cc(C(O)c2cccs2)cc2c1NC(=O)C2. The Balaban J connectivity index is 2.04. The highest BCUT2D eigenvalue weighted by atomic mass is 32.1. The summed E-state index contributed by atoms with van der Waals surface area (Å²) in [4.78, 5) is 12.4. The Morgan fingerprint density at radius 2 is 2.32 bits per heavy atom. The number of aryl methyl sites for hydroxylation is 1. The first-order valence-corrected chi connectivity index (χ1v) is 7.24. The molecule has 2 N–H and O–H groups in total. The van der Waals surface area contributed by atoms with Gasteiger partial charge in [0.15, 0.2) is 0 Å². The molecule has 0 saturated carbocycles. The van der Waals surface area contributed by atoms with Crippen LogP contribution in [0, 0.1) is 0 Å². The molecule has 2 aromatic rings. The van der Waals surface area contributed by atoms with Crippen molar-refractivity contribution >= 4 is 22.9 Å². The van der Waals surface area contributed by atoms with E-state index in [1.165, 1.54) is 0 Å². The van der Waals surface area contributed by atoms with Gasteiger partial charge in [0, 0.05) is 10.6 Å². The second kappa shape index (κ2) is 4.79. The summed E-state index contributed by atoms with van der Waals surface area (Å²) in [5.74, 6) is 0.0347. The molecular formula is C15H15NO2S. The molecule has 1 atom stereocenters. The second-order valence-electron chi connectivity index (χ2n) is 4.71. The van der Waals surface area contributed by atoms with E-state index in [2.05, 4.69) is 12.2 Å². The number of rotatable bonds is 3. The van der Waals surface area contributed by atoms with E-state index < -0.39 is 6.10 Å². The lowest BCUT2D eigenvalue weighted by Gasteiger charge is -2.14. The van der Waals surface area contributed by atoms with Crippen LogP contribution in [0.1, 0.15) is 34.6 Å². The molecule has 3 nitrogen and oxygen atoms in total. The van der Waals surface area contributed by atoms with Gasteiger partial charge in [0.1, 0.15) is 6.10 Å². The predicted octanol–water partition coefficient (Wildman–Crippen LogP) is 2.89. The zero-order chi connectivity index (χ0) is 13.4. The summed E-state index contributed by atoms with van der Waals surface area (Å²) in [6.07, 6.45) is 0.646. The topological polar surface area (TPSA) is 49.3 Å². The zero-order valence-electron chi connectivity index (χ0n) is 10.6. The van der Waals surface area contributed by atoms with Gasteiger partial charge in [0.05, 0.1) is 6.42 Å². The monoisotopic (exact) mass is 273 g/mol. The van der Waals surface area contributed by atoms with Crippen LogP contribution < -0.4 is 5.32 Å². The summed E-state index contributed by atoms with van der Waals surface area (Å²) in [6.45, 7) is 2.06. The minimum Gasteiger partial charge on any atom is -0.383 e. The molecular weight excluding hydrogens is 258 g/mol. The Bertz CT molecular complexity index is 619. The number of nitrogens with one attached hydrogen (secondary N) is 1. The number of aliphatic hydroxyl groups excluding tert-OH is 1. The largest absolute Gasteiger partial charge is 0.383 e. The van der Waals surface area contributed by atoms with Crippen LogP contribution in [0.4, 0.5) is 5.69 Å². The summed E-state index contributed by atoms with van der Waals surface area (Å²) in [7, 11) is 0. The molecule has 1 amide bonds. The summed E-state index contributed by atoms with van der Waals surface area (Å²) in [5.41, 5.74) is 3.90. The maximum absolute atomic E-state index is 11.5. The molecule has 19 heavy (non-hydrogen) atoms. The van der Waals surface area contributed by atoms with Crippen LogP contribution in [0.3, 0.4) is 0 Å². The highest BCUT2D eigenvalue weighted by Crippen LogP contribution is 2.34. The summed E-state index contributed by atoms with van der Waals surface area (Å²) >= 11 is 1.54. The van der Waals surface area contributed by atoms with Crippen LogP contribution in [0.2, 0.25) is 0 Å². The quantitative estimate of drug-likeness (QED) is 0.903. The van der Waals surface area contributed by atoms with Crippen molar-refractivity contribution in [3.8, 4) is 0 Å². The van der Waals surface area contributed by atoms with E-state index in [0.29, 0.717) is 6.42 Å². The minimum atomic E-state index is -0.605. The van der Waals surface area contributed by atoms with Crippen molar-refractivity contribution in [3.05, 3.63) is 51.2 Å². The number of thiophene rings is 1. The van der Waals surface area contributed by atoms with Gasteiger partial charge >= 0.3 is 0 Å². The van der Waals surface area contributed by atoms with Crippen molar-refractivity contribution in [2.45, 2.75) is 25.9 Å². The summed E-state index contributed by atoms with van der Waals surface area (Å²) in [5, 5.41) is 15.3. The van der Waals surface area contributed by atoms with E-state index in [0.717, 1.165) is 33.7 Å². The lowest BCUT2D eigenvalue weighted by Crippen LogP contribution is -2.05. The Morgan fingerprint density at radius 3 is 3.00 bits per heavy atom. The average molecular weight is 273 g/mol. The first-order chi connectivity index (χ1) is 9.19. The van der Waals surface area contributed by atoms with Gasteiger partial charge in [-0.25, -0.2) is 0 Å². The first-order valence-electron chi connectivity index (χ1n) is 6.36. The molecule has 0 spiro atoms. The van der Waals surface area contributed by atoms with Gasteiger partial charge < -0.3 is 10.4 Å². The zero-order valence-corrected chi connectivity index (χ0v) is 11.5. The normalized spacial score (nSPS) is 15.2. The summed E-state index contributed by atoms with van der Waals surface area (Å²) < 4.78 is 0. The number of fused-ring (bicyclic) bond motifs is 1. The lowest BCUT2D eigenvalue weighted by atomic mass is 9.97. The smallest absolute Gasteiger partial charge is 0.228 e. The maximum Gasteiger partial charge on any atom is 0.228 e. The van der Waals surface area contributed by atoms with Crippen molar-refractivity contribution in [1.82, 2.24) is 0 Å². The van der Waals surface area contributed by atoms with E-state index in [1.54, 1.807) is 11.3 Å². The van der Waals surface area contributed by atoms with Gasteiger partial charge in [-0.1, -0.05) is 25.1 Å². The molecule has 1 unspecified atom stereocenters. The third kappa shape index (κ3) is 2.17. The van der Waals surface area contributed by atoms with E-state index in [-0.39, 0.29) is 5.91 Å². The van der Waals surface area contributed by atoms with Crippen molar-refractivity contribution in [2.24, 2.45) is 0 Å². The number of carbonyl (C=O) groups is 1. The number of benzene rings is 1. The fourth-order valence-corrected chi connectivity index (χ4v) is 3.24. The molecule has 1 aliphatic rings. The van der Waals surface area contributed by atoms with Crippen LogP contribution in [0.25, 0.3) is 0 Å². The van der Waals surface area contributed by atoms with E-state index in [4.69, 9.17) is 0 Å². The number of amides is 1. The Morgan fingerprint density at radius 1 is 1.47 bits per heavy atom. The van der Waals surface area contributed by atoms with Crippen LogP contribution in [0.5, 0.6) is 0 Å². The fraction of sp³-hybridized carbons (Fsp3) is 0.267. The third-order valence-corrected chi connectivity index (χ3v) is 4.37.